The van der Waals surface area contributed by atoms with Gasteiger partial charge in [-0.3, -0.25) is 15.2 Å². The van der Waals surface area contributed by atoms with Crippen LogP contribution in [0.15, 0.2) is 84.9 Å². The first-order valence-electron chi connectivity index (χ1n) is 9.31. The van der Waals surface area contributed by atoms with Gasteiger partial charge in [0.15, 0.2) is 5.75 Å². The van der Waals surface area contributed by atoms with Crippen LogP contribution in [0.5, 0.6) is 5.75 Å². The van der Waals surface area contributed by atoms with E-state index in [0.717, 1.165) is 22.2 Å². The number of nitrogens with one attached hydrogen (secondary N) is 1. The first kappa shape index (κ1) is 18.5. The van der Waals surface area contributed by atoms with Crippen LogP contribution in [0, 0.1) is 0 Å². The fraction of sp³-hybridized carbons (Fsp3) is 0.0833. The SMILES string of the molecule is COc1c(-c2ccccc2)nc2ccccc2c1C(=O)NN(C)c1ccccc1. The van der Waals surface area contributed by atoms with Crippen molar-refractivity contribution in [2.45, 2.75) is 0 Å². The number of carbonyl (C=O) groups is 1. The molecule has 5 nitrogen and oxygen atoms in total. The molecule has 1 amide bonds. The molecular weight excluding hydrogens is 362 g/mol. The van der Waals surface area contributed by atoms with Crippen molar-refractivity contribution in [2.75, 3.05) is 19.2 Å². The molecule has 0 spiro atoms. The summed E-state index contributed by atoms with van der Waals surface area (Å²) in [4.78, 5) is 18.1. The smallest absolute Gasteiger partial charge is 0.274 e. The monoisotopic (exact) mass is 383 g/mol. The minimum absolute atomic E-state index is 0.260. The molecule has 0 saturated heterocycles. The quantitative estimate of drug-likeness (QED) is 0.508. The summed E-state index contributed by atoms with van der Waals surface area (Å²) in [6.45, 7) is 0. The van der Waals surface area contributed by atoms with E-state index in [9.17, 15) is 4.79 Å². The predicted octanol–water partition coefficient (Wildman–Crippen LogP) is 4.69. The van der Waals surface area contributed by atoms with Crippen LogP contribution in [0.1, 0.15) is 10.4 Å². The van der Waals surface area contributed by atoms with E-state index in [-0.39, 0.29) is 5.91 Å². The highest BCUT2D eigenvalue weighted by atomic mass is 16.5. The Bertz CT molecular complexity index is 1140. The average molecular weight is 383 g/mol. The Morgan fingerprint density at radius 2 is 1.52 bits per heavy atom. The maximum absolute atomic E-state index is 13.3. The number of nitrogens with zero attached hydrogens (tertiary/aromatic N) is 2. The first-order chi connectivity index (χ1) is 14.2. The van der Waals surface area contributed by atoms with Crippen molar-refractivity contribution >= 4 is 22.5 Å². The van der Waals surface area contributed by atoms with E-state index in [2.05, 4.69) is 5.43 Å². The van der Waals surface area contributed by atoms with Crippen LogP contribution in [0.25, 0.3) is 22.2 Å². The maximum Gasteiger partial charge on any atom is 0.274 e. The molecule has 0 fully saturated rings. The van der Waals surface area contributed by atoms with Gasteiger partial charge in [0.25, 0.3) is 5.91 Å². The normalized spacial score (nSPS) is 10.6. The topological polar surface area (TPSA) is 54.5 Å². The van der Waals surface area contributed by atoms with Crippen LogP contribution in [0.4, 0.5) is 5.69 Å². The van der Waals surface area contributed by atoms with Gasteiger partial charge in [-0.15, -0.1) is 0 Å². The zero-order valence-corrected chi connectivity index (χ0v) is 16.3. The number of rotatable bonds is 5. The highest BCUT2D eigenvalue weighted by Gasteiger charge is 2.23. The fourth-order valence-electron chi connectivity index (χ4n) is 3.33. The number of hydrazine groups is 1. The molecular formula is C24H21N3O2. The lowest BCUT2D eigenvalue weighted by Crippen LogP contribution is -2.39. The number of pyridine rings is 1. The van der Waals surface area contributed by atoms with Crippen molar-refractivity contribution in [1.82, 2.24) is 10.4 Å². The molecule has 5 heteroatoms. The molecule has 1 N–H and O–H groups in total. The lowest BCUT2D eigenvalue weighted by Gasteiger charge is -2.22. The van der Waals surface area contributed by atoms with E-state index in [4.69, 9.17) is 9.72 Å². The second kappa shape index (κ2) is 8.02. The van der Waals surface area contributed by atoms with Crippen LogP contribution in [-0.4, -0.2) is 25.0 Å². The molecule has 0 unspecified atom stereocenters. The second-order valence-corrected chi connectivity index (χ2v) is 6.59. The molecule has 0 saturated carbocycles. The third kappa shape index (κ3) is 3.62. The number of benzene rings is 3. The third-order valence-electron chi connectivity index (χ3n) is 4.74. The minimum atomic E-state index is -0.260. The van der Waals surface area contributed by atoms with E-state index in [1.807, 2.05) is 84.9 Å². The maximum atomic E-state index is 13.3. The van der Waals surface area contributed by atoms with Gasteiger partial charge >= 0.3 is 0 Å². The standard InChI is InChI=1S/C24H21N3O2/c1-27(18-13-7-4-8-14-18)26-24(28)21-19-15-9-10-16-20(19)25-22(23(21)29-2)17-11-5-3-6-12-17/h3-16H,1-2H3,(H,26,28). The third-order valence-corrected chi connectivity index (χ3v) is 4.74. The van der Waals surface area contributed by atoms with E-state index >= 15 is 0 Å². The van der Waals surface area contributed by atoms with Gasteiger partial charge in [0.1, 0.15) is 5.69 Å². The van der Waals surface area contributed by atoms with Gasteiger partial charge in [-0.25, -0.2) is 4.98 Å². The van der Waals surface area contributed by atoms with E-state index < -0.39 is 0 Å². The summed E-state index contributed by atoms with van der Waals surface area (Å²) in [5.41, 5.74) is 6.54. The van der Waals surface area contributed by atoms with Crippen LogP contribution in [0.2, 0.25) is 0 Å². The van der Waals surface area contributed by atoms with Gasteiger partial charge in [0, 0.05) is 18.0 Å². The summed E-state index contributed by atoms with van der Waals surface area (Å²) in [6, 6.07) is 27.0. The van der Waals surface area contributed by atoms with Crippen LogP contribution < -0.4 is 15.2 Å². The van der Waals surface area contributed by atoms with Gasteiger partial charge < -0.3 is 4.74 Å². The number of hydrogen-bond donors (Lipinski definition) is 1. The molecule has 0 aliphatic rings. The highest BCUT2D eigenvalue weighted by molar-refractivity contribution is 6.10. The number of carbonyl (C=O) groups excluding carboxylic acids is 1. The number of aromatic nitrogens is 1. The van der Waals surface area contributed by atoms with Gasteiger partial charge in [0.2, 0.25) is 0 Å². The first-order valence-corrected chi connectivity index (χ1v) is 9.31. The Morgan fingerprint density at radius 3 is 2.21 bits per heavy atom. The Morgan fingerprint density at radius 1 is 0.897 bits per heavy atom. The number of methoxy groups -OCH3 is 1. The van der Waals surface area contributed by atoms with Crippen molar-refractivity contribution < 1.29 is 9.53 Å². The minimum Gasteiger partial charge on any atom is -0.494 e. The largest absolute Gasteiger partial charge is 0.494 e. The summed E-state index contributed by atoms with van der Waals surface area (Å²) < 4.78 is 5.71. The summed E-state index contributed by atoms with van der Waals surface area (Å²) >= 11 is 0. The van der Waals surface area contributed by atoms with Gasteiger partial charge in [-0.2, -0.15) is 0 Å². The van der Waals surface area contributed by atoms with Crippen LogP contribution >= 0.6 is 0 Å². The Kier molecular flexibility index (Phi) is 5.12. The number of fused-ring (bicyclic) bond motifs is 1. The Labute approximate surface area is 169 Å². The van der Waals surface area contributed by atoms with Crippen molar-refractivity contribution in [2.24, 2.45) is 0 Å². The molecule has 3 aromatic carbocycles. The van der Waals surface area contributed by atoms with E-state index in [1.54, 1.807) is 19.2 Å². The Balaban J connectivity index is 1.85. The zero-order chi connectivity index (χ0) is 20.2. The van der Waals surface area contributed by atoms with Gasteiger partial charge in [-0.05, 0) is 18.2 Å². The lowest BCUT2D eigenvalue weighted by molar-refractivity contribution is 0.0950. The predicted molar refractivity (Wildman–Crippen MR) is 116 cm³/mol. The molecule has 0 aliphatic carbocycles. The van der Waals surface area contributed by atoms with Crippen LogP contribution in [0.3, 0.4) is 0 Å². The molecule has 1 heterocycles. The molecule has 1 aromatic heterocycles. The fourth-order valence-corrected chi connectivity index (χ4v) is 3.33. The molecule has 4 rings (SSSR count). The summed E-state index contributed by atoms with van der Waals surface area (Å²) in [6.07, 6.45) is 0. The second-order valence-electron chi connectivity index (χ2n) is 6.59. The van der Waals surface area contributed by atoms with Gasteiger partial charge in [-0.1, -0.05) is 66.7 Å². The Hall–Kier alpha value is -3.86. The number of para-hydroxylation sites is 2. The zero-order valence-electron chi connectivity index (χ0n) is 16.3. The van der Waals surface area contributed by atoms with Crippen LogP contribution in [-0.2, 0) is 0 Å². The highest BCUT2D eigenvalue weighted by Crippen LogP contribution is 2.36. The molecule has 4 aromatic rings. The number of hydrogen-bond acceptors (Lipinski definition) is 4. The van der Waals surface area contributed by atoms with Crippen molar-refractivity contribution in [1.29, 1.82) is 0 Å². The number of ether oxygens (including phenoxy) is 1. The molecule has 0 aliphatic heterocycles. The molecule has 0 atom stereocenters. The van der Waals surface area contributed by atoms with E-state index in [0.29, 0.717) is 17.0 Å². The van der Waals surface area contributed by atoms with Crippen molar-refractivity contribution in [3.63, 3.8) is 0 Å². The van der Waals surface area contributed by atoms with Crippen molar-refractivity contribution in [3.05, 3.63) is 90.5 Å². The summed E-state index contributed by atoms with van der Waals surface area (Å²) in [5, 5.41) is 2.43. The molecule has 29 heavy (non-hydrogen) atoms. The molecule has 0 radical (unpaired) electrons. The number of amides is 1. The van der Waals surface area contributed by atoms with E-state index in [1.165, 1.54) is 0 Å². The average Bonchev–Trinajstić information content (AvgIpc) is 2.78. The molecule has 0 bridgehead atoms. The van der Waals surface area contributed by atoms with Gasteiger partial charge in [0.05, 0.1) is 23.9 Å². The molecule has 144 valence electrons. The van der Waals surface area contributed by atoms with Crippen molar-refractivity contribution in [3.8, 4) is 17.0 Å². The lowest BCUT2D eigenvalue weighted by atomic mass is 10.0. The summed E-state index contributed by atoms with van der Waals surface area (Å²) in [5.74, 6) is 0.192. The summed E-state index contributed by atoms with van der Waals surface area (Å²) in [7, 11) is 3.37. The number of anilines is 1.